The van der Waals surface area contributed by atoms with Crippen molar-refractivity contribution in [2.75, 3.05) is 6.61 Å². The minimum atomic E-state index is -0.728. The Bertz CT molecular complexity index is 599. The minimum Gasteiger partial charge on any atom is -0.485 e. The smallest absolute Gasteiger partial charge is 0.321 e. The summed E-state index contributed by atoms with van der Waals surface area (Å²) >= 11 is 0. The molecule has 0 saturated heterocycles. The Labute approximate surface area is 109 Å². The molecule has 0 atom stereocenters. The number of rotatable bonds is 4. The van der Waals surface area contributed by atoms with Crippen LogP contribution in [0.15, 0.2) is 42.5 Å². The van der Waals surface area contributed by atoms with E-state index in [2.05, 4.69) is 0 Å². The number of halogens is 1. The summed E-state index contributed by atoms with van der Waals surface area (Å²) in [4.78, 5) is 10.6. The second-order valence-electron chi connectivity index (χ2n) is 3.83. The molecule has 2 rings (SSSR count). The van der Waals surface area contributed by atoms with Gasteiger partial charge in [0.05, 0.1) is 17.1 Å². The van der Waals surface area contributed by atoms with Gasteiger partial charge in [-0.2, -0.15) is 0 Å². The molecule has 0 bridgehead atoms. The van der Waals surface area contributed by atoms with Gasteiger partial charge in [0.2, 0.25) is 5.75 Å². The van der Waals surface area contributed by atoms with E-state index in [1.54, 1.807) is 31.2 Å². The fraction of sp³-hybridized carbons (Fsp3) is 0.143. The van der Waals surface area contributed by atoms with Gasteiger partial charge in [0.15, 0.2) is 5.82 Å². The summed E-state index contributed by atoms with van der Waals surface area (Å²) in [6, 6.07) is 11.4. The summed E-state index contributed by atoms with van der Waals surface area (Å²) in [5.41, 5.74) is 0.652. The van der Waals surface area contributed by atoms with Gasteiger partial charge in [-0.05, 0) is 24.6 Å². The molecule has 2 aromatic rings. The van der Waals surface area contributed by atoms with E-state index in [0.717, 1.165) is 0 Å². The lowest BCUT2D eigenvalue weighted by molar-refractivity contribution is -0.385. The van der Waals surface area contributed by atoms with Gasteiger partial charge in [0.25, 0.3) is 0 Å². The van der Waals surface area contributed by atoms with E-state index in [0.29, 0.717) is 11.1 Å². The minimum absolute atomic E-state index is 0.163. The largest absolute Gasteiger partial charge is 0.485 e. The Morgan fingerprint density at radius 2 is 1.89 bits per heavy atom. The second-order valence-corrected chi connectivity index (χ2v) is 3.83. The highest BCUT2D eigenvalue weighted by molar-refractivity contribution is 5.77. The molecule has 0 spiro atoms. The van der Waals surface area contributed by atoms with E-state index < -0.39 is 10.7 Å². The predicted octanol–water partition coefficient (Wildman–Crippen LogP) is 3.80. The number of nitrogens with zero attached hydrogens (tertiary/aromatic N) is 1. The number of hydrogen-bond donors (Lipinski definition) is 0. The number of benzene rings is 2. The first-order chi connectivity index (χ1) is 9.15. The van der Waals surface area contributed by atoms with Crippen LogP contribution in [0.3, 0.4) is 0 Å². The second kappa shape index (κ2) is 5.48. The van der Waals surface area contributed by atoms with E-state index in [1.807, 2.05) is 6.07 Å². The Balaban J connectivity index is 2.68. The summed E-state index contributed by atoms with van der Waals surface area (Å²) < 4.78 is 18.7. The van der Waals surface area contributed by atoms with Crippen molar-refractivity contribution in [1.82, 2.24) is 0 Å². The van der Waals surface area contributed by atoms with Crippen LogP contribution in [0.25, 0.3) is 11.1 Å². The number of hydrogen-bond acceptors (Lipinski definition) is 3. The summed E-state index contributed by atoms with van der Waals surface area (Å²) in [5.74, 6) is -1.04. The molecule has 4 nitrogen and oxygen atoms in total. The summed E-state index contributed by atoms with van der Waals surface area (Å²) in [6.45, 7) is 1.81. The van der Waals surface area contributed by atoms with Crippen molar-refractivity contribution in [1.29, 1.82) is 0 Å². The highest BCUT2D eigenvalue weighted by atomic mass is 19.1. The van der Waals surface area contributed by atoms with Crippen molar-refractivity contribution in [2.24, 2.45) is 0 Å². The molecule has 5 heteroatoms. The van der Waals surface area contributed by atoms with E-state index in [-0.39, 0.29) is 18.0 Å². The normalized spacial score (nSPS) is 10.2. The molecule has 0 heterocycles. The van der Waals surface area contributed by atoms with Gasteiger partial charge in [0.1, 0.15) is 0 Å². The van der Waals surface area contributed by atoms with Crippen LogP contribution in [0.1, 0.15) is 6.92 Å². The van der Waals surface area contributed by atoms with Crippen molar-refractivity contribution in [3.8, 4) is 16.9 Å². The van der Waals surface area contributed by atoms with Crippen molar-refractivity contribution in [3.05, 3.63) is 58.4 Å². The lowest BCUT2D eigenvalue weighted by Gasteiger charge is -2.09. The van der Waals surface area contributed by atoms with Crippen LogP contribution in [-0.2, 0) is 0 Å². The standard InChI is InChI=1S/C14H12FNO3/c1-2-19-14-12(15)9-8-11(13(14)16(17)18)10-6-4-3-5-7-10/h3-9H,2H2,1H3. The van der Waals surface area contributed by atoms with Crippen LogP contribution >= 0.6 is 0 Å². The molecule has 0 fully saturated rings. The van der Waals surface area contributed by atoms with E-state index in [9.17, 15) is 14.5 Å². The van der Waals surface area contributed by atoms with Gasteiger partial charge in [0, 0.05) is 0 Å². The molecule has 0 N–H and O–H groups in total. The van der Waals surface area contributed by atoms with E-state index >= 15 is 0 Å². The first-order valence-corrected chi connectivity index (χ1v) is 5.80. The molecule has 0 amide bonds. The third kappa shape index (κ3) is 2.54. The average Bonchev–Trinajstić information content (AvgIpc) is 2.41. The molecule has 0 aliphatic rings. The summed E-state index contributed by atoms with van der Waals surface area (Å²) in [7, 11) is 0. The fourth-order valence-electron chi connectivity index (χ4n) is 1.86. The Kier molecular flexibility index (Phi) is 3.75. The van der Waals surface area contributed by atoms with Crippen LogP contribution < -0.4 is 4.74 Å². The van der Waals surface area contributed by atoms with Crippen LogP contribution in [0.5, 0.6) is 5.75 Å². The first-order valence-electron chi connectivity index (χ1n) is 5.80. The van der Waals surface area contributed by atoms with Crippen molar-refractivity contribution >= 4 is 5.69 Å². The molecule has 19 heavy (non-hydrogen) atoms. The summed E-state index contributed by atoms with van der Waals surface area (Å²) in [6.07, 6.45) is 0. The van der Waals surface area contributed by atoms with Gasteiger partial charge in [-0.25, -0.2) is 4.39 Å². The third-order valence-electron chi connectivity index (χ3n) is 2.64. The zero-order chi connectivity index (χ0) is 13.8. The lowest BCUT2D eigenvalue weighted by atomic mass is 10.0. The molecule has 0 aliphatic carbocycles. The lowest BCUT2D eigenvalue weighted by Crippen LogP contribution is -2.02. The molecular formula is C14H12FNO3. The molecule has 0 unspecified atom stereocenters. The van der Waals surface area contributed by atoms with E-state index in [4.69, 9.17) is 4.74 Å². The molecule has 0 saturated carbocycles. The average molecular weight is 261 g/mol. The molecular weight excluding hydrogens is 249 g/mol. The molecule has 98 valence electrons. The zero-order valence-corrected chi connectivity index (χ0v) is 10.3. The number of ether oxygens (including phenoxy) is 1. The summed E-state index contributed by atoms with van der Waals surface area (Å²) in [5, 5.41) is 11.2. The maximum absolute atomic E-state index is 13.7. The number of nitro benzene ring substituents is 1. The third-order valence-corrected chi connectivity index (χ3v) is 2.64. The van der Waals surface area contributed by atoms with Gasteiger partial charge in [-0.3, -0.25) is 10.1 Å². The van der Waals surface area contributed by atoms with Gasteiger partial charge in [-0.1, -0.05) is 30.3 Å². The van der Waals surface area contributed by atoms with E-state index in [1.165, 1.54) is 12.1 Å². The Morgan fingerprint density at radius 3 is 2.47 bits per heavy atom. The van der Waals surface area contributed by atoms with Gasteiger partial charge < -0.3 is 4.74 Å². The van der Waals surface area contributed by atoms with Crippen molar-refractivity contribution in [3.63, 3.8) is 0 Å². The van der Waals surface area contributed by atoms with Gasteiger partial charge >= 0.3 is 5.69 Å². The SMILES string of the molecule is CCOc1c(F)ccc(-c2ccccc2)c1[N+](=O)[O-]. The Morgan fingerprint density at radius 1 is 1.21 bits per heavy atom. The zero-order valence-electron chi connectivity index (χ0n) is 10.3. The molecule has 2 aromatic carbocycles. The predicted molar refractivity (Wildman–Crippen MR) is 69.7 cm³/mol. The fourth-order valence-corrected chi connectivity index (χ4v) is 1.86. The molecule has 0 aliphatic heterocycles. The van der Waals surface area contributed by atoms with Crippen molar-refractivity contribution < 1.29 is 14.1 Å². The quantitative estimate of drug-likeness (QED) is 0.621. The molecule has 0 aromatic heterocycles. The highest BCUT2D eigenvalue weighted by Crippen LogP contribution is 2.39. The first kappa shape index (κ1) is 13.0. The highest BCUT2D eigenvalue weighted by Gasteiger charge is 2.25. The van der Waals surface area contributed by atoms with Crippen molar-refractivity contribution in [2.45, 2.75) is 6.92 Å². The van der Waals surface area contributed by atoms with Gasteiger partial charge in [-0.15, -0.1) is 0 Å². The van der Waals surface area contributed by atoms with Crippen LogP contribution in [0.4, 0.5) is 10.1 Å². The maximum Gasteiger partial charge on any atom is 0.321 e. The maximum atomic E-state index is 13.7. The van der Waals surface area contributed by atoms with Crippen LogP contribution in [0, 0.1) is 15.9 Å². The Hall–Kier alpha value is -2.43. The van der Waals surface area contributed by atoms with Crippen LogP contribution in [-0.4, -0.2) is 11.5 Å². The molecule has 0 radical (unpaired) electrons. The topological polar surface area (TPSA) is 52.4 Å². The monoisotopic (exact) mass is 261 g/mol. The number of nitro groups is 1. The van der Waals surface area contributed by atoms with Crippen LogP contribution in [0.2, 0.25) is 0 Å².